The summed E-state index contributed by atoms with van der Waals surface area (Å²) in [6.45, 7) is 10.8. The maximum absolute atomic E-state index is 13.6. The summed E-state index contributed by atoms with van der Waals surface area (Å²) in [6.07, 6.45) is 0.735. The fourth-order valence-electron chi connectivity index (χ4n) is 5.64. The molecule has 0 bridgehead atoms. The van der Waals surface area contributed by atoms with Gasteiger partial charge in [-0.05, 0) is 80.8 Å². The number of pyridine rings is 1. The zero-order valence-corrected chi connectivity index (χ0v) is 24.9. The van der Waals surface area contributed by atoms with Gasteiger partial charge in [-0.2, -0.15) is 0 Å². The Labute approximate surface area is 247 Å². The molecule has 0 radical (unpaired) electrons. The number of aromatic nitrogens is 2. The zero-order chi connectivity index (χ0) is 29.6. The Morgan fingerprint density at radius 3 is 2.24 bits per heavy atom. The Bertz CT molecular complexity index is 1520. The lowest BCUT2D eigenvalue weighted by molar-refractivity contribution is -0.112. The van der Waals surface area contributed by atoms with Gasteiger partial charge in [-0.15, -0.1) is 0 Å². The van der Waals surface area contributed by atoms with Crippen LogP contribution in [0, 0.1) is 20.8 Å². The van der Waals surface area contributed by atoms with E-state index in [1.54, 1.807) is 7.11 Å². The predicted molar refractivity (Wildman–Crippen MR) is 169 cm³/mol. The monoisotopic (exact) mass is 565 g/mol. The number of aryl methyl sites for hydroxylation is 3. The predicted octanol–water partition coefficient (Wildman–Crippen LogP) is 5.66. The molecule has 8 heteroatoms. The van der Waals surface area contributed by atoms with Crippen LogP contribution < -0.4 is 15.1 Å². The molecule has 1 aliphatic rings. The Kier molecular flexibility index (Phi) is 9.03. The van der Waals surface area contributed by atoms with E-state index in [2.05, 4.69) is 34.2 Å². The highest BCUT2D eigenvalue weighted by Gasteiger charge is 2.26. The van der Waals surface area contributed by atoms with Crippen molar-refractivity contribution in [2.45, 2.75) is 33.7 Å². The van der Waals surface area contributed by atoms with Crippen LogP contribution in [0.15, 0.2) is 72.8 Å². The van der Waals surface area contributed by atoms with Crippen LogP contribution in [0.5, 0.6) is 0 Å². The first kappa shape index (κ1) is 29.1. The van der Waals surface area contributed by atoms with Gasteiger partial charge in [-0.25, -0.2) is 4.98 Å². The molecule has 1 aliphatic heterocycles. The number of ketones is 1. The average molecular weight is 566 g/mol. The number of piperazine rings is 1. The van der Waals surface area contributed by atoms with E-state index in [1.807, 2.05) is 79.1 Å². The van der Waals surface area contributed by atoms with E-state index in [4.69, 9.17) is 9.72 Å². The largest absolute Gasteiger partial charge is 0.385 e. The smallest absolute Gasteiger partial charge is 0.298 e. The Morgan fingerprint density at radius 1 is 0.881 bits per heavy atom. The second-order valence-electron chi connectivity index (χ2n) is 10.9. The summed E-state index contributed by atoms with van der Waals surface area (Å²) >= 11 is 0. The highest BCUT2D eigenvalue weighted by molar-refractivity contribution is 6.47. The summed E-state index contributed by atoms with van der Waals surface area (Å²) in [4.78, 5) is 36.3. The van der Waals surface area contributed by atoms with Gasteiger partial charge in [0.05, 0.1) is 0 Å². The number of carbonyl (C=O) groups excluding carboxylic acids is 2. The normalized spacial score (nSPS) is 13.3. The minimum Gasteiger partial charge on any atom is -0.385 e. The lowest BCUT2D eigenvalue weighted by Gasteiger charge is -2.37. The number of anilines is 3. The van der Waals surface area contributed by atoms with E-state index in [0.717, 1.165) is 66.6 Å². The maximum atomic E-state index is 13.6. The minimum absolute atomic E-state index is 0.403. The standard InChI is InChI=1S/C34H39N5O3/c1-24-21-25(2)35-31(22-24)38-18-16-37(17-19-38)29-13-11-28(12-14-29)36-34(41)33(40)32-30(27-9-6-5-7-10-27)23-26(3)39(32)15-8-20-42-4/h5-7,9-14,21-23H,8,15-20H2,1-4H3,(H,36,41). The topological polar surface area (TPSA) is 79.7 Å². The molecule has 0 unspecified atom stereocenters. The number of amides is 1. The molecule has 218 valence electrons. The summed E-state index contributed by atoms with van der Waals surface area (Å²) in [5.41, 5.74) is 6.93. The fourth-order valence-corrected chi connectivity index (χ4v) is 5.64. The molecule has 42 heavy (non-hydrogen) atoms. The molecule has 1 amide bonds. The van der Waals surface area contributed by atoms with Crippen LogP contribution in [0.2, 0.25) is 0 Å². The molecule has 0 atom stereocenters. The highest BCUT2D eigenvalue weighted by Crippen LogP contribution is 2.29. The van der Waals surface area contributed by atoms with Crippen LogP contribution >= 0.6 is 0 Å². The molecule has 1 saturated heterocycles. The van der Waals surface area contributed by atoms with Crippen molar-refractivity contribution in [3.63, 3.8) is 0 Å². The van der Waals surface area contributed by atoms with Crippen LogP contribution in [0.25, 0.3) is 11.1 Å². The van der Waals surface area contributed by atoms with Gasteiger partial charge in [0.1, 0.15) is 11.5 Å². The minimum atomic E-state index is -0.652. The molecule has 2 aromatic carbocycles. The Balaban J connectivity index is 1.27. The van der Waals surface area contributed by atoms with Gasteiger partial charge in [0, 0.05) is 74.8 Å². The number of hydrogen-bond acceptors (Lipinski definition) is 6. The first-order valence-corrected chi connectivity index (χ1v) is 14.5. The van der Waals surface area contributed by atoms with Crippen molar-refractivity contribution >= 4 is 28.9 Å². The van der Waals surface area contributed by atoms with Crippen LogP contribution in [0.4, 0.5) is 17.2 Å². The number of hydrogen-bond donors (Lipinski definition) is 1. The first-order valence-electron chi connectivity index (χ1n) is 14.5. The number of Topliss-reactive ketones (excluding diaryl/α,β-unsaturated/α-hetero) is 1. The van der Waals surface area contributed by atoms with Crippen molar-refractivity contribution in [2.24, 2.45) is 0 Å². The molecule has 0 aliphatic carbocycles. The molecule has 8 nitrogen and oxygen atoms in total. The van der Waals surface area contributed by atoms with Gasteiger partial charge in [0.15, 0.2) is 0 Å². The van der Waals surface area contributed by atoms with Crippen LogP contribution in [0.3, 0.4) is 0 Å². The molecule has 1 N–H and O–H groups in total. The number of benzene rings is 2. The van der Waals surface area contributed by atoms with Crippen LogP contribution in [-0.4, -0.2) is 61.1 Å². The van der Waals surface area contributed by atoms with Crippen LogP contribution in [0.1, 0.15) is 33.9 Å². The van der Waals surface area contributed by atoms with Crippen molar-refractivity contribution in [2.75, 3.05) is 55.0 Å². The summed E-state index contributed by atoms with van der Waals surface area (Å²) < 4.78 is 7.15. The molecular formula is C34H39N5O3. The summed E-state index contributed by atoms with van der Waals surface area (Å²) in [7, 11) is 1.66. The molecule has 3 heterocycles. The van der Waals surface area contributed by atoms with Crippen molar-refractivity contribution in [1.29, 1.82) is 0 Å². The fraction of sp³-hybridized carbons (Fsp3) is 0.324. The third kappa shape index (κ3) is 6.55. The summed E-state index contributed by atoms with van der Waals surface area (Å²) in [6, 6.07) is 23.7. The molecule has 4 aromatic rings. The molecule has 0 saturated carbocycles. The second kappa shape index (κ2) is 13.0. The van der Waals surface area contributed by atoms with Crippen molar-refractivity contribution in [3.05, 3.63) is 95.4 Å². The third-order valence-corrected chi connectivity index (χ3v) is 7.72. The number of carbonyl (C=O) groups is 2. The number of nitrogens with one attached hydrogen (secondary N) is 1. The zero-order valence-electron chi connectivity index (χ0n) is 24.9. The third-order valence-electron chi connectivity index (χ3n) is 7.72. The quantitative estimate of drug-likeness (QED) is 0.152. The maximum Gasteiger partial charge on any atom is 0.298 e. The summed E-state index contributed by atoms with van der Waals surface area (Å²) in [5, 5.41) is 2.83. The lowest BCUT2D eigenvalue weighted by atomic mass is 10.0. The van der Waals surface area contributed by atoms with E-state index in [9.17, 15) is 9.59 Å². The van der Waals surface area contributed by atoms with E-state index < -0.39 is 11.7 Å². The van der Waals surface area contributed by atoms with Crippen LogP contribution in [-0.2, 0) is 16.1 Å². The lowest BCUT2D eigenvalue weighted by Crippen LogP contribution is -2.46. The number of ether oxygens (including phenoxy) is 1. The second-order valence-corrected chi connectivity index (χ2v) is 10.9. The Morgan fingerprint density at radius 2 is 1.57 bits per heavy atom. The molecule has 5 rings (SSSR count). The highest BCUT2D eigenvalue weighted by atomic mass is 16.5. The van der Waals surface area contributed by atoms with E-state index >= 15 is 0 Å². The molecular weight excluding hydrogens is 526 g/mol. The number of rotatable bonds is 10. The van der Waals surface area contributed by atoms with Gasteiger partial charge < -0.3 is 24.4 Å². The number of methoxy groups -OCH3 is 1. The van der Waals surface area contributed by atoms with E-state index in [0.29, 0.717) is 24.5 Å². The van der Waals surface area contributed by atoms with E-state index in [-0.39, 0.29) is 0 Å². The van der Waals surface area contributed by atoms with Gasteiger partial charge in [-0.3, -0.25) is 9.59 Å². The van der Waals surface area contributed by atoms with Gasteiger partial charge in [-0.1, -0.05) is 30.3 Å². The van der Waals surface area contributed by atoms with Gasteiger partial charge in [0.2, 0.25) is 0 Å². The van der Waals surface area contributed by atoms with Gasteiger partial charge in [0.25, 0.3) is 11.7 Å². The average Bonchev–Trinajstić information content (AvgIpc) is 3.33. The van der Waals surface area contributed by atoms with E-state index in [1.165, 1.54) is 5.56 Å². The van der Waals surface area contributed by atoms with Crippen molar-refractivity contribution in [1.82, 2.24) is 9.55 Å². The van der Waals surface area contributed by atoms with Gasteiger partial charge >= 0.3 is 0 Å². The molecule has 0 spiro atoms. The SMILES string of the molecule is COCCCn1c(C)cc(-c2ccccc2)c1C(=O)C(=O)Nc1ccc(N2CCN(c3cc(C)cc(C)n3)CC2)cc1. The molecule has 2 aromatic heterocycles. The summed E-state index contributed by atoms with van der Waals surface area (Å²) in [5.74, 6) is -0.175. The first-order chi connectivity index (χ1) is 20.3. The van der Waals surface area contributed by atoms with Crippen molar-refractivity contribution in [3.8, 4) is 11.1 Å². The van der Waals surface area contributed by atoms with Crippen molar-refractivity contribution < 1.29 is 14.3 Å². The molecule has 1 fully saturated rings. The Hall–Kier alpha value is -4.43. The number of nitrogens with zero attached hydrogens (tertiary/aromatic N) is 4.